The van der Waals surface area contributed by atoms with Gasteiger partial charge in [0.25, 0.3) is 0 Å². The molecular weight excluding hydrogens is 356 g/mol. The number of carbonyl (C=O) groups excluding carboxylic acids is 2. The van der Waals surface area contributed by atoms with Gasteiger partial charge in [-0.3, -0.25) is 9.59 Å². The van der Waals surface area contributed by atoms with Crippen LogP contribution >= 0.6 is 0 Å². The first kappa shape index (κ1) is 20.4. The molecule has 1 saturated heterocycles. The van der Waals surface area contributed by atoms with E-state index in [1.54, 1.807) is 4.90 Å². The number of amides is 2. The predicted molar refractivity (Wildman–Crippen MR) is 105 cm³/mol. The monoisotopic (exact) mass is 386 g/mol. The molecule has 6 nitrogen and oxygen atoms in total. The number of aliphatic carboxylic acids is 1. The molecule has 1 aliphatic heterocycles. The van der Waals surface area contributed by atoms with E-state index in [0.29, 0.717) is 37.6 Å². The first-order chi connectivity index (χ1) is 13.4. The predicted octanol–water partition coefficient (Wildman–Crippen LogP) is 2.96. The summed E-state index contributed by atoms with van der Waals surface area (Å²) in [5.74, 6) is -0.366. The molecule has 0 spiro atoms. The molecule has 2 atom stereocenters. The molecule has 0 unspecified atom stereocenters. The van der Waals surface area contributed by atoms with E-state index in [1.807, 2.05) is 30.3 Å². The van der Waals surface area contributed by atoms with Crippen molar-refractivity contribution in [2.45, 2.75) is 70.5 Å². The molecular formula is C22H30N2O4. The molecule has 2 N–H and O–H groups in total. The van der Waals surface area contributed by atoms with Crippen LogP contribution in [0.1, 0.15) is 57.4 Å². The van der Waals surface area contributed by atoms with Gasteiger partial charge in [0, 0.05) is 13.0 Å². The van der Waals surface area contributed by atoms with Crippen LogP contribution in [-0.4, -0.2) is 39.9 Å². The highest BCUT2D eigenvalue weighted by molar-refractivity contribution is 5.92. The Morgan fingerprint density at radius 3 is 2.46 bits per heavy atom. The number of carboxylic acids is 1. The Balaban J connectivity index is 1.61. The molecule has 0 bridgehead atoms. The minimum atomic E-state index is -0.995. The smallest absolute Gasteiger partial charge is 0.326 e. The summed E-state index contributed by atoms with van der Waals surface area (Å²) in [7, 11) is 0. The molecule has 1 heterocycles. The van der Waals surface area contributed by atoms with E-state index in [1.165, 1.54) is 0 Å². The number of likely N-dealkylation sites (tertiary alicyclic amines) is 1. The highest BCUT2D eigenvalue weighted by Crippen LogP contribution is 2.31. The number of hydrogen-bond donors (Lipinski definition) is 2. The Bertz CT molecular complexity index is 698. The summed E-state index contributed by atoms with van der Waals surface area (Å²) < 4.78 is 0. The van der Waals surface area contributed by atoms with Crippen molar-refractivity contribution < 1.29 is 19.5 Å². The maximum absolute atomic E-state index is 12.8. The van der Waals surface area contributed by atoms with Crippen LogP contribution in [0.3, 0.4) is 0 Å². The summed E-state index contributed by atoms with van der Waals surface area (Å²) in [6, 6.07) is 8.06. The first-order valence-electron chi connectivity index (χ1n) is 10.3. The molecule has 3 rings (SSSR count). The number of hydrogen-bond acceptors (Lipinski definition) is 3. The molecule has 1 saturated carbocycles. The normalized spacial score (nSPS) is 26.1. The van der Waals surface area contributed by atoms with Gasteiger partial charge in [-0.25, -0.2) is 4.79 Å². The molecule has 1 aromatic carbocycles. The lowest BCUT2D eigenvalue weighted by atomic mass is 9.80. The molecule has 2 fully saturated rings. The quantitative estimate of drug-likeness (QED) is 0.754. The number of benzene rings is 1. The van der Waals surface area contributed by atoms with Crippen molar-refractivity contribution in [3.63, 3.8) is 0 Å². The van der Waals surface area contributed by atoms with E-state index in [-0.39, 0.29) is 11.8 Å². The van der Waals surface area contributed by atoms with E-state index < -0.39 is 18.1 Å². The summed E-state index contributed by atoms with van der Waals surface area (Å²) in [6.07, 6.45) is 5.49. The molecule has 152 valence electrons. The van der Waals surface area contributed by atoms with Crippen LogP contribution in [0.4, 0.5) is 0 Å². The maximum atomic E-state index is 12.8. The van der Waals surface area contributed by atoms with Crippen LogP contribution in [0, 0.1) is 11.8 Å². The number of carbonyl (C=O) groups is 3. The van der Waals surface area contributed by atoms with E-state index in [2.05, 4.69) is 12.2 Å². The van der Waals surface area contributed by atoms with Crippen molar-refractivity contribution in [2.75, 3.05) is 0 Å². The van der Waals surface area contributed by atoms with Crippen molar-refractivity contribution in [3.05, 3.63) is 35.9 Å². The summed E-state index contributed by atoms with van der Waals surface area (Å²) in [5, 5.41) is 12.3. The number of carboxylic acid groups (broad SMARTS) is 1. The third-order valence-corrected chi connectivity index (χ3v) is 6.15. The summed E-state index contributed by atoms with van der Waals surface area (Å²) in [4.78, 5) is 38.4. The van der Waals surface area contributed by atoms with Gasteiger partial charge in [0.2, 0.25) is 11.8 Å². The number of nitrogens with one attached hydrogen (secondary N) is 1. The van der Waals surface area contributed by atoms with Crippen LogP contribution in [0.2, 0.25) is 0 Å². The molecule has 2 amide bonds. The summed E-state index contributed by atoms with van der Waals surface area (Å²) in [6.45, 7) is 2.60. The zero-order chi connectivity index (χ0) is 20.1. The minimum Gasteiger partial charge on any atom is -0.480 e. The second-order valence-corrected chi connectivity index (χ2v) is 8.32. The Morgan fingerprint density at radius 1 is 1.14 bits per heavy atom. The largest absolute Gasteiger partial charge is 0.480 e. The SMILES string of the molecule is CC1CCC(C[C@H](NC(=O)[C@@H]2CCC(=O)N2Cc2ccccc2)C(=O)O)CC1. The fourth-order valence-corrected chi connectivity index (χ4v) is 4.37. The summed E-state index contributed by atoms with van der Waals surface area (Å²) >= 11 is 0. The molecule has 1 aliphatic carbocycles. The highest BCUT2D eigenvalue weighted by Gasteiger charge is 2.38. The van der Waals surface area contributed by atoms with Gasteiger partial charge >= 0.3 is 5.97 Å². The second-order valence-electron chi connectivity index (χ2n) is 8.32. The minimum absolute atomic E-state index is 0.0582. The van der Waals surface area contributed by atoms with Gasteiger partial charge in [-0.1, -0.05) is 62.9 Å². The summed E-state index contributed by atoms with van der Waals surface area (Å²) in [5.41, 5.74) is 0.960. The van der Waals surface area contributed by atoms with Crippen molar-refractivity contribution in [3.8, 4) is 0 Å². The Labute approximate surface area is 166 Å². The standard InChI is InChI=1S/C22H30N2O4/c1-15-7-9-16(10-8-15)13-18(22(27)28)23-21(26)19-11-12-20(25)24(19)14-17-5-3-2-4-6-17/h2-6,15-16,18-19H,7-14H2,1H3,(H,23,26)(H,27,28)/t15?,16?,18-,19-/m0/s1. The molecule has 0 aromatic heterocycles. The Kier molecular flexibility index (Phi) is 6.70. The second kappa shape index (κ2) is 9.22. The average Bonchev–Trinajstić information content (AvgIpc) is 3.04. The van der Waals surface area contributed by atoms with E-state index in [0.717, 1.165) is 31.2 Å². The van der Waals surface area contributed by atoms with Crippen LogP contribution < -0.4 is 5.32 Å². The molecule has 6 heteroatoms. The number of rotatable bonds is 7. The topological polar surface area (TPSA) is 86.7 Å². The van der Waals surface area contributed by atoms with Crippen molar-refractivity contribution in [1.29, 1.82) is 0 Å². The Morgan fingerprint density at radius 2 is 1.82 bits per heavy atom. The van der Waals surface area contributed by atoms with Gasteiger partial charge in [-0.15, -0.1) is 0 Å². The van der Waals surface area contributed by atoms with Crippen molar-refractivity contribution in [1.82, 2.24) is 10.2 Å². The molecule has 2 aliphatic rings. The fraction of sp³-hybridized carbons (Fsp3) is 0.591. The zero-order valence-corrected chi connectivity index (χ0v) is 16.5. The highest BCUT2D eigenvalue weighted by atomic mass is 16.4. The van der Waals surface area contributed by atoms with Crippen molar-refractivity contribution >= 4 is 17.8 Å². The third kappa shape index (κ3) is 5.12. The van der Waals surface area contributed by atoms with E-state index >= 15 is 0 Å². The van der Waals surface area contributed by atoms with Gasteiger partial charge in [0.15, 0.2) is 0 Å². The van der Waals surface area contributed by atoms with Gasteiger partial charge in [-0.05, 0) is 30.2 Å². The Hall–Kier alpha value is -2.37. The molecule has 1 aromatic rings. The lowest BCUT2D eigenvalue weighted by molar-refractivity contribution is -0.143. The lowest BCUT2D eigenvalue weighted by Crippen LogP contribution is -2.50. The van der Waals surface area contributed by atoms with Gasteiger partial charge in [0.1, 0.15) is 12.1 Å². The van der Waals surface area contributed by atoms with Crippen LogP contribution in [0.5, 0.6) is 0 Å². The van der Waals surface area contributed by atoms with Crippen LogP contribution in [-0.2, 0) is 20.9 Å². The van der Waals surface area contributed by atoms with Crippen LogP contribution in [0.15, 0.2) is 30.3 Å². The maximum Gasteiger partial charge on any atom is 0.326 e. The molecule has 28 heavy (non-hydrogen) atoms. The lowest BCUT2D eigenvalue weighted by Gasteiger charge is -2.30. The van der Waals surface area contributed by atoms with Gasteiger partial charge in [0.05, 0.1) is 0 Å². The van der Waals surface area contributed by atoms with E-state index in [4.69, 9.17) is 0 Å². The third-order valence-electron chi connectivity index (χ3n) is 6.15. The zero-order valence-electron chi connectivity index (χ0n) is 16.5. The fourth-order valence-electron chi connectivity index (χ4n) is 4.37. The van der Waals surface area contributed by atoms with Crippen LogP contribution in [0.25, 0.3) is 0 Å². The van der Waals surface area contributed by atoms with Crippen molar-refractivity contribution in [2.24, 2.45) is 11.8 Å². The van der Waals surface area contributed by atoms with Gasteiger partial charge < -0.3 is 15.3 Å². The van der Waals surface area contributed by atoms with E-state index in [9.17, 15) is 19.5 Å². The number of nitrogens with zero attached hydrogens (tertiary/aromatic N) is 1. The molecule has 0 radical (unpaired) electrons. The average molecular weight is 386 g/mol. The first-order valence-corrected chi connectivity index (χ1v) is 10.3. The van der Waals surface area contributed by atoms with Gasteiger partial charge in [-0.2, -0.15) is 0 Å².